The fourth-order valence-electron chi connectivity index (χ4n) is 3.88. The molecule has 4 rings (SSSR count). The van der Waals surface area contributed by atoms with E-state index >= 15 is 0 Å². The standard InChI is InChI=1S/C24H16Cl2F3NO2.O2S/c1-13-9-15(24(27,28)29)10-14-11-17(30(22(13)14)16-5-3-2-4-6-16)12-19-20(25)8-7-18(21(19)26)23(31)32;1-3-2/h2-11H,12H2,1H3,(H,31,32);. The Morgan fingerprint density at radius 2 is 1.66 bits per heavy atom. The predicted octanol–water partition coefficient (Wildman–Crippen LogP) is 6.88. The van der Waals surface area contributed by atoms with Crippen LogP contribution in [0.1, 0.15) is 32.7 Å². The zero-order valence-corrected chi connectivity index (χ0v) is 20.2. The zero-order chi connectivity index (χ0) is 25.9. The van der Waals surface area contributed by atoms with Gasteiger partial charge in [-0.05, 0) is 60.5 Å². The van der Waals surface area contributed by atoms with Crippen molar-refractivity contribution in [2.75, 3.05) is 0 Å². The number of alkyl halides is 3. The van der Waals surface area contributed by atoms with Crippen LogP contribution in [-0.4, -0.2) is 24.1 Å². The first-order valence-electron chi connectivity index (χ1n) is 9.89. The Morgan fingerprint density at radius 1 is 1.03 bits per heavy atom. The van der Waals surface area contributed by atoms with Crippen molar-refractivity contribution in [2.24, 2.45) is 0 Å². The van der Waals surface area contributed by atoms with Gasteiger partial charge < -0.3 is 9.67 Å². The first kappa shape index (κ1) is 26.5. The molecule has 182 valence electrons. The van der Waals surface area contributed by atoms with E-state index in [1.54, 1.807) is 13.0 Å². The van der Waals surface area contributed by atoms with Gasteiger partial charge in [0.15, 0.2) is 0 Å². The summed E-state index contributed by atoms with van der Waals surface area (Å²) in [5.74, 6) is -1.19. The van der Waals surface area contributed by atoms with E-state index in [2.05, 4.69) is 0 Å². The number of benzene rings is 3. The molecule has 1 N–H and O–H groups in total. The molecule has 0 saturated heterocycles. The number of carboxylic acid groups (broad SMARTS) is 1. The predicted molar refractivity (Wildman–Crippen MR) is 128 cm³/mol. The number of aromatic nitrogens is 1. The van der Waals surface area contributed by atoms with Crippen LogP contribution >= 0.6 is 23.2 Å². The third-order valence-corrected chi connectivity index (χ3v) is 6.06. The van der Waals surface area contributed by atoms with Crippen molar-refractivity contribution in [3.63, 3.8) is 0 Å². The van der Waals surface area contributed by atoms with Crippen molar-refractivity contribution in [1.82, 2.24) is 4.57 Å². The van der Waals surface area contributed by atoms with Gasteiger partial charge in [0.1, 0.15) is 0 Å². The van der Waals surface area contributed by atoms with Gasteiger partial charge in [0, 0.05) is 28.2 Å². The van der Waals surface area contributed by atoms with Gasteiger partial charge in [-0.25, -0.2) is 4.79 Å². The summed E-state index contributed by atoms with van der Waals surface area (Å²) in [5, 5.41) is 10.1. The lowest BCUT2D eigenvalue weighted by Crippen LogP contribution is -2.07. The molecule has 0 aliphatic rings. The molecular formula is C24H16Cl2F3NO4S. The molecule has 0 atom stereocenters. The molecule has 0 saturated carbocycles. The fraction of sp³-hybridized carbons (Fsp3) is 0.125. The minimum absolute atomic E-state index is 0.00238. The molecule has 0 unspecified atom stereocenters. The number of carbonyl (C=O) groups is 1. The average Bonchev–Trinajstić information content (AvgIpc) is 3.15. The van der Waals surface area contributed by atoms with Crippen molar-refractivity contribution < 1.29 is 31.5 Å². The summed E-state index contributed by atoms with van der Waals surface area (Å²) in [6, 6.07) is 15.9. The van der Waals surface area contributed by atoms with Crippen LogP contribution < -0.4 is 0 Å². The Kier molecular flexibility index (Phi) is 8.04. The third kappa shape index (κ3) is 5.58. The van der Waals surface area contributed by atoms with Gasteiger partial charge in [0.05, 0.1) is 21.7 Å². The summed E-state index contributed by atoms with van der Waals surface area (Å²) in [7, 11) is 0. The highest BCUT2D eigenvalue weighted by atomic mass is 35.5. The van der Waals surface area contributed by atoms with E-state index in [1.165, 1.54) is 12.1 Å². The summed E-state index contributed by atoms with van der Waals surface area (Å²) in [6.45, 7) is 1.63. The van der Waals surface area contributed by atoms with Gasteiger partial charge in [-0.15, -0.1) is 0 Å². The molecule has 35 heavy (non-hydrogen) atoms. The van der Waals surface area contributed by atoms with Crippen LogP contribution in [0.5, 0.6) is 0 Å². The van der Waals surface area contributed by atoms with Crippen LogP contribution in [0.2, 0.25) is 10.0 Å². The minimum Gasteiger partial charge on any atom is -0.478 e. The normalized spacial score (nSPS) is 11.1. The number of carboxylic acids is 1. The zero-order valence-electron chi connectivity index (χ0n) is 17.9. The maximum atomic E-state index is 13.4. The number of fused-ring (bicyclic) bond motifs is 1. The van der Waals surface area contributed by atoms with E-state index in [0.29, 0.717) is 27.7 Å². The topological polar surface area (TPSA) is 76.4 Å². The van der Waals surface area contributed by atoms with Crippen LogP contribution in [0, 0.1) is 6.92 Å². The number of aromatic carboxylic acids is 1. The van der Waals surface area contributed by atoms with Crippen LogP contribution in [0.4, 0.5) is 13.2 Å². The molecule has 11 heteroatoms. The molecular weight excluding hydrogens is 526 g/mol. The van der Waals surface area contributed by atoms with E-state index in [1.807, 2.05) is 34.9 Å². The van der Waals surface area contributed by atoms with Gasteiger partial charge >= 0.3 is 23.7 Å². The largest absolute Gasteiger partial charge is 0.478 e. The van der Waals surface area contributed by atoms with Crippen LogP contribution in [0.15, 0.2) is 60.7 Å². The number of para-hydroxylation sites is 1. The summed E-state index contributed by atoms with van der Waals surface area (Å²) < 4.78 is 58.6. The molecule has 0 amide bonds. The van der Waals surface area contributed by atoms with E-state index in [-0.39, 0.29) is 22.0 Å². The molecule has 0 aliphatic carbocycles. The molecule has 3 aromatic carbocycles. The second-order valence-corrected chi connectivity index (χ2v) is 8.39. The Labute approximate surface area is 211 Å². The highest BCUT2D eigenvalue weighted by Crippen LogP contribution is 2.37. The second-order valence-electron chi connectivity index (χ2n) is 7.47. The molecule has 0 bridgehead atoms. The average molecular weight is 542 g/mol. The number of hydrogen-bond donors (Lipinski definition) is 1. The number of rotatable bonds is 4. The quantitative estimate of drug-likeness (QED) is 0.305. The lowest BCUT2D eigenvalue weighted by Gasteiger charge is -2.15. The smallest absolute Gasteiger partial charge is 0.416 e. The maximum absolute atomic E-state index is 13.4. The van der Waals surface area contributed by atoms with Gasteiger partial charge in [-0.3, -0.25) is 0 Å². The van der Waals surface area contributed by atoms with Crippen molar-refractivity contribution in [3.8, 4) is 5.69 Å². The third-order valence-electron chi connectivity index (χ3n) is 5.28. The Balaban J connectivity index is 0.00000108. The van der Waals surface area contributed by atoms with Gasteiger partial charge in [-0.1, -0.05) is 41.4 Å². The first-order chi connectivity index (χ1) is 16.5. The van der Waals surface area contributed by atoms with Crippen molar-refractivity contribution in [2.45, 2.75) is 19.5 Å². The lowest BCUT2D eigenvalue weighted by atomic mass is 10.0. The highest BCUT2D eigenvalue weighted by molar-refractivity contribution is 7.51. The number of aryl methyl sites for hydroxylation is 1. The highest BCUT2D eigenvalue weighted by Gasteiger charge is 2.32. The Hall–Kier alpha value is -3.14. The summed E-state index contributed by atoms with van der Waals surface area (Å²) in [4.78, 5) is 11.5. The number of nitrogens with zero attached hydrogens (tertiary/aromatic N) is 1. The Bertz CT molecular complexity index is 1450. The van der Waals surface area contributed by atoms with E-state index in [4.69, 9.17) is 31.6 Å². The molecule has 1 heterocycles. The summed E-state index contributed by atoms with van der Waals surface area (Å²) >= 11 is 11.9. The molecule has 0 fully saturated rings. The van der Waals surface area contributed by atoms with Crippen LogP contribution in [-0.2, 0) is 24.2 Å². The number of halogens is 5. The maximum Gasteiger partial charge on any atom is 0.416 e. The molecule has 0 spiro atoms. The second kappa shape index (κ2) is 10.6. The van der Waals surface area contributed by atoms with Crippen LogP contribution in [0.25, 0.3) is 16.6 Å². The summed E-state index contributed by atoms with van der Waals surface area (Å²) in [6.07, 6.45) is -4.35. The monoisotopic (exact) mass is 541 g/mol. The molecule has 0 aliphatic heterocycles. The van der Waals surface area contributed by atoms with Gasteiger partial charge in [0.25, 0.3) is 0 Å². The molecule has 5 nitrogen and oxygen atoms in total. The van der Waals surface area contributed by atoms with E-state index < -0.39 is 29.3 Å². The SMILES string of the molecule is Cc1cc(C(F)(F)F)cc2cc(Cc3c(Cl)ccc(C(=O)O)c3Cl)n(-c3ccccc3)c12.O=S=O. The lowest BCUT2D eigenvalue weighted by molar-refractivity contribution is -0.137. The van der Waals surface area contributed by atoms with Crippen molar-refractivity contribution >= 4 is 51.6 Å². The molecule has 4 aromatic rings. The fourth-order valence-corrected chi connectivity index (χ4v) is 4.47. The van der Waals surface area contributed by atoms with Gasteiger partial charge in [-0.2, -0.15) is 21.6 Å². The number of hydrogen-bond acceptors (Lipinski definition) is 3. The van der Waals surface area contributed by atoms with Gasteiger partial charge in [0.2, 0.25) is 0 Å². The minimum atomic E-state index is -4.48. The molecule has 0 radical (unpaired) electrons. The molecule has 1 aromatic heterocycles. The van der Waals surface area contributed by atoms with Crippen LogP contribution in [0.3, 0.4) is 0 Å². The van der Waals surface area contributed by atoms with E-state index in [9.17, 15) is 23.1 Å². The summed E-state index contributed by atoms with van der Waals surface area (Å²) in [5.41, 5.74) is 2.03. The van der Waals surface area contributed by atoms with E-state index in [0.717, 1.165) is 17.8 Å². The Morgan fingerprint density at radius 3 is 2.23 bits per heavy atom. The van der Waals surface area contributed by atoms with Crippen molar-refractivity contribution in [3.05, 3.63) is 98.7 Å². The van der Waals surface area contributed by atoms with Crippen molar-refractivity contribution in [1.29, 1.82) is 0 Å². The first-order valence-corrected chi connectivity index (χ1v) is 11.3.